The lowest BCUT2D eigenvalue weighted by Gasteiger charge is -2.19. The second-order valence-electron chi connectivity index (χ2n) is 6.40. The number of likely N-dealkylation sites (N-methyl/N-ethyl adjacent to an activating group) is 1. The maximum atomic E-state index is 12.8. The fourth-order valence-corrected chi connectivity index (χ4v) is 3.80. The minimum absolute atomic E-state index is 0.0436. The number of rotatable bonds is 10. The Kier molecular flexibility index (Phi) is 8.63. The van der Waals surface area contributed by atoms with E-state index in [2.05, 4.69) is 20.7 Å². The number of benzene rings is 2. The van der Waals surface area contributed by atoms with Crippen molar-refractivity contribution in [1.82, 2.24) is 9.62 Å². The van der Waals surface area contributed by atoms with Crippen LogP contribution in [0.25, 0.3) is 0 Å². The number of nitrogens with zero attached hydrogens (tertiary/aromatic N) is 1. The summed E-state index contributed by atoms with van der Waals surface area (Å²) in [5.41, 5.74) is 1.04. The van der Waals surface area contributed by atoms with Gasteiger partial charge >= 0.3 is 0 Å². The van der Waals surface area contributed by atoms with Gasteiger partial charge in [-0.3, -0.25) is 4.79 Å². The number of nitrogens with one attached hydrogen (secondary N) is 1. The van der Waals surface area contributed by atoms with E-state index in [4.69, 9.17) is 9.47 Å². The van der Waals surface area contributed by atoms with E-state index in [9.17, 15) is 13.2 Å². The molecule has 0 aliphatic carbocycles. The second kappa shape index (κ2) is 10.7. The fraction of sp³-hybridized carbons (Fsp3) is 0.350. The molecule has 0 atom stereocenters. The van der Waals surface area contributed by atoms with Gasteiger partial charge in [0.05, 0.1) is 18.0 Å². The molecule has 0 heterocycles. The molecule has 7 nitrogen and oxygen atoms in total. The molecule has 0 radical (unpaired) electrons. The van der Waals surface area contributed by atoms with Crippen molar-refractivity contribution < 1.29 is 22.7 Å². The first-order valence-corrected chi connectivity index (χ1v) is 11.3. The number of ether oxygens (including phenoxy) is 2. The predicted octanol–water partition coefficient (Wildman–Crippen LogP) is 2.83. The van der Waals surface area contributed by atoms with Crippen molar-refractivity contribution in [3.05, 3.63) is 58.1 Å². The van der Waals surface area contributed by atoms with Crippen LogP contribution in [0.15, 0.2) is 51.8 Å². The Morgan fingerprint density at radius 2 is 1.83 bits per heavy atom. The van der Waals surface area contributed by atoms with E-state index in [-0.39, 0.29) is 24.0 Å². The van der Waals surface area contributed by atoms with Crippen LogP contribution in [0.3, 0.4) is 0 Å². The first-order valence-electron chi connectivity index (χ1n) is 8.97. The lowest BCUT2D eigenvalue weighted by Crippen LogP contribution is -2.32. The van der Waals surface area contributed by atoms with Gasteiger partial charge in [-0.05, 0) is 48.9 Å². The highest BCUT2D eigenvalue weighted by Crippen LogP contribution is 2.18. The van der Waals surface area contributed by atoms with Crippen LogP contribution in [0.2, 0.25) is 0 Å². The van der Waals surface area contributed by atoms with E-state index in [1.807, 2.05) is 24.3 Å². The molecule has 0 saturated heterocycles. The average Bonchev–Trinajstić information content (AvgIpc) is 2.69. The molecule has 0 aromatic heterocycles. The van der Waals surface area contributed by atoms with Crippen molar-refractivity contribution in [2.45, 2.75) is 11.8 Å². The van der Waals surface area contributed by atoms with E-state index in [0.29, 0.717) is 30.0 Å². The van der Waals surface area contributed by atoms with Crippen molar-refractivity contribution in [2.24, 2.45) is 0 Å². The number of carbonyl (C=O) groups excluding carboxylic acids is 1. The molecule has 0 spiro atoms. The van der Waals surface area contributed by atoms with Gasteiger partial charge in [0.25, 0.3) is 5.91 Å². The highest BCUT2D eigenvalue weighted by Gasteiger charge is 2.19. The summed E-state index contributed by atoms with van der Waals surface area (Å²) < 4.78 is 38.7. The van der Waals surface area contributed by atoms with Crippen LogP contribution in [-0.2, 0) is 14.8 Å². The molecule has 0 aliphatic heterocycles. The normalized spacial score (nSPS) is 11.3. The number of hydrogen-bond acceptors (Lipinski definition) is 5. The lowest BCUT2D eigenvalue weighted by atomic mass is 10.1. The number of aryl methyl sites for hydroxylation is 1. The van der Waals surface area contributed by atoms with Gasteiger partial charge < -0.3 is 14.4 Å². The van der Waals surface area contributed by atoms with E-state index < -0.39 is 10.0 Å². The number of halogens is 1. The standard InChI is InChI=1S/C20H25BrN2O5S/c1-15-4-9-18(29(25,26)22-10-12-27-3)14-19(15)20(24)23(2)11-13-28-17-7-5-16(21)6-8-17/h4-9,14,22H,10-13H2,1-3H3. The predicted molar refractivity (Wildman–Crippen MR) is 115 cm³/mol. The third kappa shape index (κ3) is 6.81. The summed E-state index contributed by atoms with van der Waals surface area (Å²) in [5, 5.41) is 0. The molecule has 2 rings (SSSR count). The Hall–Kier alpha value is -1.94. The minimum atomic E-state index is -3.72. The number of methoxy groups -OCH3 is 1. The largest absolute Gasteiger partial charge is 0.492 e. The maximum absolute atomic E-state index is 12.8. The summed E-state index contributed by atoms with van der Waals surface area (Å²) in [6.07, 6.45) is 0. The maximum Gasteiger partial charge on any atom is 0.254 e. The molecule has 0 saturated carbocycles. The van der Waals surface area contributed by atoms with E-state index >= 15 is 0 Å². The molecule has 1 amide bonds. The molecule has 2 aromatic rings. The zero-order chi connectivity index (χ0) is 21.4. The van der Waals surface area contributed by atoms with Crippen LogP contribution in [0.1, 0.15) is 15.9 Å². The van der Waals surface area contributed by atoms with Gasteiger partial charge in [0.2, 0.25) is 10.0 Å². The van der Waals surface area contributed by atoms with Crippen molar-refractivity contribution >= 4 is 31.9 Å². The Balaban J connectivity index is 2.03. The average molecular weight is 485 g/mol. The highest BCUT2D eigenvalue weighted by molar-refractivity contribution is 9.10. The van der Waals surface area contributed by atoms with Gasteiger partial charge in [-0.15, -0.1) is 0 Å². The third-order valence-electron chi connectivity index (χ3n) is 4.20. The Morgan fingerprint density at radius 3 is 2.48 bits per heavy atom. The summed E-state index contributed by atoms with van der Waals surface area (Å²) in [6, 6.07) is 11.9. The highest BCUT2D eigenvalue weighted by atomic mass is 79.9. The quantitative estimate of drug-likeness (QED) is 0.524. The van der Waals surface area contributed by atoms with Crippen LogP contribution in [-0.4, -0.2) is 59.7 Å². The minimum Gasteiger partial charge on any atom is -0.492 e. The molecule has 9 heteroatoms. The lowest BCUT2D eigenvalue weighted by molar-refractivity contribution is 0.0773. The number of carbonyl (C=O) groups is 1. The van der Waals surface area contributed by atoms with Crippen LogP contribution >= 0.6 is 15.9 Å². The molecule has 2 aromatic carbocycles. The molecule has 0 fully saturated rings. The van der Waals surface area contributed by atoms with Crippen molar-refractivity contribution in [3.8, 4) is 5.75 Å². The van der Waals surface area contributed by atoms with Gasteiger partial charge in [-0.25, -0.2) is 13.1 Å². The van der Waals surface area contributed by atoms with Gasteiger partial charge in [0.15, 0.2) is 0 Å². The van der Waals surface area contributed by atoms with Crippen LogP contribution in [0, 0.1) is 6.92 Å². The van der Waals surface area contributed by atoms with E-state index in [0.717, 1.165) is 4.47 Å². The third-order valence-corrected chi connectivity index (χ3v) is 6.19. The summed E-state index contributed by atoms with van der Waals surface area (Å²) in [6.45, 7) is 2.87. The Bertz CT molecular complexity index is 932. The molecule has 158 valence electrons. The van der Waals surface area contributed by atoms with E-state index in [1.165, 1.54) is 24.1 Å². The molecule has 1 N–H and O–H groups in total. The van der Waals surface area contributed by atoms with Gasteiger partial charge in [-0.1, -0.05) is 22.0 Å². The van der Waals surface area contributed by atoms with Gasteiger partial charge in [0, 0.05) is 30.7 Å². The number of amides is 1. The SMILES string of the molecule is COCCNS(=O)(=O)c1ccc(C)c(C(=O)N(C)CCOc2ccc(Br)cc2)c1. The molecule has 29 heavy (non-hydrogen) atoms. The smallest absolute Gasteiger partial charge is 0.254 e. The first kappa shape index (κ1) is 23.3. The van der Waals surface area contributed by atoms with Crippen LogP contribution in [0.4, 0.5) is 0 Å². The molecule has 0 aliphatic rings. The fourth-order valence-electron chi connectivity index (χ4n) is 2.50. The van der Waals surface area contributed by atoms with Gasteiger partial charge in [-0.2, -0.15) is 0 Å². The molecular formula is C20H25BrN2O5S. The summed E-state index contributed by atoms with van der Waals surface area (Å²) in [7, 11) is -0.566. The van der Waals surface area contributed by atoms with Crippen molar-refractivity contribution in [1.29, 1.82) is 0 Å². The van der Waals surface area contributed by atoms with E-state index in [1.54, 1.807) is 20.0 Å². The van der Waals surface area contributed by atoms with Gasteiger partial charge in [0.1, 0.15) is 12.4 Å². The zero-order valence-electron chi connectivity index (χ0n) is 16.6. The number of sulfonamides is 1. The number of hydrogen-bond donors (Lipinski definition) is 1. The molecule has 0 bridgehead atoms. The monoisotopic (exact) mass is 484 g/mol. The topological polar surface area (TPSA) is 84.9 Å². The zero-order valence-corrected chi connectivity index (χ0v) is 19.0. The summed E-state index contributed by atoms with van der Waals surface area (Å²) >= 11 is 3.36. The summed E-state index contributed by atoms with van der Waals surface area (Å²) in [5.74, 6) is 0.441. The van der Waals surface area contributed by atoms with Crippen LogP contribution < -0.4 is 9.46 Å². The summed E-state index contributed by atoms with van der Waals surface area (Å²) in [4.78, 5) is 14.4. The molecular weight excluding hydrogens is 460 g/mol. The Labute approximate surface area is 180 Å². The van der Waals surface area contributed by atoms with Crippen molar-refractivity contribution in [3.63, 3.8) is 0 Å². The molecule has 0 unspecified atom stereocenters. The van der Waals surface area contributed by atoms with Crippen LogP contribution in [0.5, 0.6) is 5.75 Å². The second-order valence-corrected chi connectivity index (χ2v) is 9.08. The van der Waals surface area contributed by atoms with Crippen molar-refractivity contribution in [2.75, 3.05) is 40.5 Å². The Morgan fingerprint density at radius 1 is 1.14 bits per heavy atom. The first-order chi connectivity index (χ1) is 13.7.